The molecule has 0 aromatic heterocycles. The molecular formula is C38H56N6O10. The van der Waals surface area contributed by atoms with E-state index in [0.29, 0.717) is 44.6 Å². The number of Topliss-reactive ketones (excluding diaryl/α,β-unsaturated/α-hetero) is 1. The smallest absolute Gasteiger partial charge is 0.407 e. The van der Waals surface area contributed by atoms with Gasteiger partial charge in [0.05, 0.1) is 25.3 Å². The van der Waals surface area contributed by atoms with E-state index >= 15 is 0 Å². The van der Waals surface area contributed by atoms with Gasteiger partial charge in [-0.15, -0.1) is 0 Å². The van der Waals surface area contributed by atoms with Crippen LogP contribution in [0.2, 0.25) is 0 Å². The van der Waals surface area contributed by atoms with Crippen LogP contribution in [0.1, 0.15) is 82.7 Å². The van der Waals surface area contributed by atoms with E-state index in [1.54, 1.807) is 51.4 Å². The van der Waals surface area contributed by atoms with E-state index < -0.39 is 72.3 Å². The molecular weight excluding hydrogens is 700 g/mol. The number of nitrogens with zero attached hydrogens (tertiary/aromatic N) is 2. The van der Waals surface area contributed by atoms with Crippen LogP contribution in [-0.2, 0) is 43.0 Å². The van der Waals surface area contributed by atoms with Gasteiger partial charge >= 0.3 is 6.09 Å². The Morgan fingerprint density at radius 1 is 0.926 bits per heavy atom. The van der Waals surface area contributed by atoms with Gasteiger partial charge in [-0.3, -0.25) is 28.8 Å². The summed E-state index contributed by atoms with van der Waals surface area (Å²) in [5.41, 5.74) is 0.546. The number of ether oxygens (including phenoxy) is 3. The van der Waals surface area contributed by atoms with Crippen LogP contribution in [0.4, 0.5) is 4.79 Å². The second-order valence-electron chi connectivity index (χ2n) is 14.3. The molecule has 2 saturated heterocycles. The summed E-state index contributed by atoms with van der Waals surface area (Å²) < 4.78 is 17.1. The fraction of sp³-hybridized carbons (Fsp3) is 0.658. The average molecular weight is 757 g/mol. The SMILES string of the molecule is CCCC(NC(=O)[C@@H]1C[C@@H]2CN1C(=O)C(C1CCCCC1)NC(=O)OCCCOCCCO2)C(=O)C(=O)NCC(=O)N[C@H](C(=O)N(C)C)c1ccccc1. The number of carbonyl (C=O) groups is 7. The summed E-state index contributed by atoms with van der Waals surface area (Å²) >= 11 is 0. The molecule has 16 heteroatoms. The summed E-state index contributed by atoms with van der Waals surface area (Å²) in [7, 11) is 3.11. The molecule has 1 aromatic carbocycles. The number of hydrogen-bond acceptors (Lipinski definition) is 10. The Morgan fingerprint density at radius 2 is 1.63 bits per heavy atom. The molecule has 5 atom stereocenters. The van der Waals surface area contributed by atoms with Crippen molar-refractivity contribution in [2.45, 2.75) is 101 Å². The number of hydrogen-bond donors (Lipinski definition) is 4. The maximum atomic E-state index is 14.3. The Labute approximate surface area is 316 Å². The third-order valence-corrected chi connectivity index (χ3v) is 9.93. The molecule has 1 saturated carbocycles. The molecule has 0 radical (unpaired) electrons. The highest BCUT2D eigenvalue weighted by molar-refractivity contribution is 6.38. The van der Waals surface area contributed by atoms with Crippen molar-refractivity contribution in [1.29, 1.82) is 0 Å². The van der Waals surface area contributed by atoms with Gasteiger partial charge in [-0.1, -0.05) is 62.9 Å². The Hall–Kier alpha value is -4.57. The summed E-state index contributed by atoms with van der Waals surface area (Å²) in [5.74, 6) is -4.33. The predicted octanol–water partition coefficient (Wildman–Crippen LogP) is 1.37. The number of carbonyl (C=O) groups excluding carboxylic acids is 7. The summed E-state index contributed by atoms with van der Waals surface area (Å²) in [6, 6.07) is 4.41. The van der Waals surface area contributed by atoms with Crippen molar-refractivity contribution in [2.24, 2.45) is 5.92 Å². The minimum atomic E-state index is -1.24. The van der Waals surface area contributed by atoms with Gasteiger partial charge in [0.15, 0.2) is 0 Å². The van der Waals surface area contributed by atoms with Gasteiger partial charge in [0.1, 0.15) is 18.1 Å². The standard InChI is InChI=1S/C38H56N6O10/c1-4-13-28(33(46)35(48)39-23-30(45)41-31(36(49)43(2)3)25-14-7-5-8-15-25)40-34(47)29-22-27-24-44(29)37(50)32(26-16-9-6-10-17-26)42-38(51)54-21-12-19-52-18-11-20-53-27/h5,7-8,14-15,26-29,31-32H,4,6,9-13,16-24H2,1-3H3,(H,39,48)(H,40,47)(H,41,45)(H,42,51)/t27-,28?,29+,31+,32?/m1/s1. The van der Waals surface area contributed by atoms with Gasteiger partial charge < -0.3 is 45.3 Å². The molecule has 2 heterocycles. The minimum Gasteiger partial charge on any atom is -0.449 e. The first-order valence-electron chi connectivity index (χ1n) is 19.1. The molecule has 0 spiro atoms. The summed E-state index contributed by atoms with van der Waals surface area (Å²) in [6.45, 7) is 2.61. The highest BCUT2D eigenvalue weighted by atomic mass is 16.6. The highest BCUT2D eigenvalue weighted by Gasteiger charge is 2.45. The first-order chi connectivity index (χ1) is 26.0. The van der Waals surface area contributed by atoms with Crippen LogP contribution in [0.3, 0.4) is 0 Å². The number of cyclic esters (lactones) is 1. The molecule has 54 heavy (non-hydrogen) atoms. The molecule has 4 N–H and O–H groups in total. The van der Waals surface area contributed by atoms with Crippen LogP contribution in [0.25, 0.3) is 0 Å². The Morgan fingerprint density at radius 3 is 2.31 bits per heavy atom. The molecule has 3 fully saturated rings. The lowest BCUT2D eigenvalue weighted by molar-refractivity contribution is -0.143. The molecule has 1 aliphatic carbocycles. The van der Waals surface area contributed by atoms with Crippen LogP contribution < -0.4 is 21.3 Å². The Bertz CT molecular complexity index is 1450. The number of ketones is 1. The van der Waals surface area contributed by atoms with E-state index in [2.05, 4.69) is 21.3 Å². The Kier molecular flexibility index (Phi) is 16.7. The monoisotopic (exact) mass is 756 g/mol. The van der Waals surface area contributed by atoms with Gasteiger partial charge in [-0.05, 0) is 37.2 Å². The van der Waals surface area contributed by atoms with Crippen molar-refractivity contribution in [3.63, 3.8) is 0 Å². The average Bonchev–Trinajstić information content (AvgIpc) is 3.61. The second-order valence-corrected chi connectivity index (χ2v) is 14.3. The van der Waals surface area contributed by atoms with Gasteiger partial charge in [0, 0.05) is 53.3 Å². The van der Waals surface area contributed by atoms with Crippen molar-refractivity contribution in [1.82, 2.24) is 31.1 Å². The maximum absolute atomic E-state index is 14.3. The minimum absolute atomic E-state index is 0.0972. The van der Waals surface area contributed by atoms with Crippen molar-refractivity contribution < 1.29 is 47.8 Å². The third kappa shape index (κ3) is 12.2. The summed E-state index contributed by atoms with van der Waals surface area (Å²) in [4.78, 5) is 96.1. The first-order valence-corrected chi connectivity index (χ1v) is 19.1. The van der Waals surface area contributed by atoms with Crippen molar-refractivity contribution in [3.05, 3.63) is 35.9 Å². The number of fused-ring (bicyclic) bond motifs is 2. The summed E-state index contributed by atoms with van der Waals surface area (Å²) in [5, 5.41) is 10.4. The van der Waals surface area contributed by atoms with E-state index in [-0.39, 0.29) is 37.8 Å². The molecule has 16 nitrogen and oxygen atoms in total. The zero-order chi connectivity index (χ0) is 39.0. The number of rotatable bonds is 12. The van der Waals surface area contributed by atoms with Gasteiger partial charge in [-0.2, -0.15) is 0 Å². The molecule has 2 bridgehead atoms. The second kappa shape index (κ2) is 21.4. The van der Waals surface area contributed by atoms with Gasteiger partial charge in [0.25, 0.3) is 5.91 Å². The van der Waals surface area contributed by atoms with Crippen molar-refractivity contribution in [3.8, 4) is 0 Å². The zero-order valence-corrected chi connectivity index (χ0v) is 31.6. The molecule has 6 amide bonds. The van der Waals surface area contributed by atoms with E-state index in [9.17, 15) is 33.6 Å². The first kappa shape index (κ1) is 42.2. The van der Waals surface area contributed by atoms with E-state index in [1.807, 2.05) is 0 Å². The van der Waals surface area contributed by atoms with Crippen LogP contribution in [0.5, 0.6) is 0 Å². The molecule has 298 valence electrons. The lowest BCUT2D eigenvalue weighted by Crippen LogP contribution is -2.58. The van der Waals surface area contributed by atoms with E-state index in [4.69, 9.17) is 14.2 Å². The van der Waals surface area contributed by atoms with E-state index in [0.717, 1.165) is 32.1 Å². The zero-order valence-electron chi connectivity index (χ0n) is 31.6. The Balaban J connectivity index is 1.45. The number of likely N-dealkylation sites (N-methyl/N-ethyl adjacent to an activating group) is 1. The van der Waals surface area contributed by atoms with Crippen LogP contribution in [0, 0.1) is 5.92 Å². The number of amides is 6. The maximum Gasteiger partial charge on any atom is 0.407 e. The number of alkyl carbamates (subject to hydrolysis) is 1. The predicted molar refractivity (Wildman–Crippen MR) is 196 cm³/mol. The lowest BCUT2D eigenvalue weighted by Gasteiger charge is -2.34. The van der Waals surface area contributed by atoms with Crippen LogP contribution >= 0.6 is 0 Å². The molecule has 1 aromatic rings. The van der Waals surface area contributed by atoms with Crippen LogP contribution in [0.15, 0.2) is 30.3 Å². The normalized spacial score (nSPS) is 22.9. The topological polar surface area (TPSA) is 202 Å². The molecule has 4 rings (SSSR count). The third-order valence-electron chi connectivity index (χ3n) is 9.93. The quantitative estimate of drug-likeness (QED) is 0.226. The van der Waals surface area contributed by atoms with Crippen molar-refractivity contribution in [2.75, 3.05) is 53.6 Å². The van der Waals surface area contributed by atoms with Crippen molar-refractivity contribution >= 4 is 41.4 Å². The molecule has 3 aliphatic rings. The van der Waals surface area contributed by atoms with Gasteiger partial charge in [-0.25, -0.2) is 4.79 Å². The molecule has 2 unspecified atom stereocenters. The summed E-state index contributed by atoms with van der Waals surface area (Å²) in [6.07, 6.45) is 4.90. The largest absolute Gasteiger partial charge is 0.449 e. The number of benzene rings is 1. The van der Waals surface area contributed by atoms with Crippen LogP contribution in [-0.4, -0.2) is 129 Å². The van der Waals surface area contributed by atoms with E-state index in [1.165, 1.54) is 9.80 Å². The lowest BCUT2D eigenvalue weighted by atomic mass is 9.83. The molecule has 2 aliphatic heterocycles. The number of nitrogens with one attached hydrogen (secondary N) is 4. The highest BCUT2D eigenvalue weighted by Crippen LogP contribution is 2.30. The fourth-order valence-corrected chi connectivity index (χ4v) is 7.08. The van der Waals surface area contributed by atoms with Gasteiger partial charge in [0.2, 0.25) is 29.4 Å². The fourth-order valence-electron chi connectivity index (χ4n) is 7.08.